The number of carbonyl (C=O) groups excluding carboxylic acids is 2. The Balaban J connectivity index is 1.95. The molecule has 12 heteroatoms. The molecule has 0 aliphatic rings. The molecule has 2 aromatic heterocycles. The van der Waals surface area contributed by atoms with Crippen LogP contribution in [0.3, 0.4) is 0 Å². The van der Waals surface area contributed by atoms with Gasteiger partial charge in [0.25, 0.3) is 0 Å². The van der Waals surface area contributed by atoms with Crippen LogP contribution in [-0.2, 0) is 26.9 Å². The fourth-order valence-electron chi connectivity index (χ4n) is 4.01. The van der Waals surface area contributed by atoms with Crippen LogP contribution in [0.5, 0.6) is 0 Å². The molecule has 0 N–H and O–H groups in total. The normalized spacial score (nSPS) is 11.5. The number of aromatic nitrogens is 2. The fraction of sp³-hybridized carbons (Fsp3) is 0.448. The van der Waals surface area contributed by atoms with E-state index in [4.69, 9.17) is 9.47 Å². The van der Waals surface area contributed by atoms with Crippen molar-refractivity contribution in [3.05, 3.63) is 59.0 Å². The molecular formula is C29H33F4N3O4S. The zero-order chi connectivity index (χ0) is 30.0. The number of pyridine rings is 1. The number of alkyl halides is 3. The highest BCUT2D eigenvalue weighted by atomic mass is 32.1. The molecule has 7 nitrogen and oxygen atoms in total. The average molecular weight is 596 g/mol. The lowest BCUT2D eigenvalue weighted by atomic mass is 9.99. The highest BCUT2D eigenvalue weighted by Crippen LogP contribution is 2.40. The predicted molar refractivity (Wildman–Crippen MR) is 148 cm³/mol. The molecule has 3 rings (SSSR count). The van der Waals surface area contributed by atoms with E-state index in [0.29, 0.717) is 23.3 Å². The second-order valence-corrected chi connectivity index (χ2v) is 10.6. The van der Waals surface area contributed by atoms with Crippen LogP contribution in [-0.4, -0.2) is 28.8 Å². The van der Waals surface area contributed by atoms with Crippen LogP contribution in [0.25, 0.3) is 11.3 Å². The van der Waals surface area contributed by atoms with Crippen molar-refractivity contribution in [3.63, 3.8) is 0 Å². The molecule has 0 radical (unpaired) electrons. The van der Waals surface area contributed by atoms with Gasteiger partial charge in [0.05, 0.1) is 17.2 Å². The number of unbranched alkanes of at least 4 members (excludes halogenated alkanes) is 5. The summed E-state index contributed by atoms with van der Waals surface area (Å²) >= 11 is 0.456. The number of rotatable bonds is 13. The number of halogens is 4. The van der Waals surface area contributed by atoms with E-state index in [1.807, 2.05) is 0 Å². The minimum absolute atomic E-state index is 0.0947. The molecule has 1 amide bonds. The molecule has 41 heavy (non-hydrogen) atoms. The maximum Gasteiger partial charge on any atom is 0.423 e. The van der Waals surface area contributed by atoms with E-state index in [2.05, 4.69) is 16.9 Å². The Morgan fingerprint density at radius 2 is 1.78 bits per heavy atom. The topological polar surface area (TPSA) is 81.6 Å². The Bertz CT molecular complexity index is 1300. The number of thiazole rings is 1. The van der Waals surface area contributed by atoms with E-state index < -0.39 is 41.6 Å². The highest BCUT2D eigenvalue weighted by Gasteiger charge is 2.35. The smallest absolute Gasteiger partial charge is 0.423 e. The summed E-state index contributed by atoms with van der Waals surface area (Å²) in [7, 11) is 0. The van der Waals surface area contributed by atoms with Gasteiger partial charge in [0.1, 0.15) is 5.69 Å². The van der Waals surface area contributed by atoms with E-state index in [1.165, 1.54) is 24.5 Å². The van der Waals surface area contributed by atoms with Gasteiger partial charge < -0.3 is 9.47 Å². The van der Waals surface area contributed by atoms with Gasteiger partial charge in [-0.2, -0.15) is 17.6 Å². The van der Waals surface area contributed by atoms with Crippen molar-refractivity contribution in [2.75, 3.05) is 11.7 Å². The summed E-state index contributed by atoms with van der Waals surface area (Å²) in [4.78, 5) is 33.8. The molecule has 0 fully saturated rings. The minimum atomic E-state index is -4.70. The van der Waals surface area contributed by atoms with Crippen LogP contribution >= 0.6 is 11.3 Å². The van der Waals surface area contributed by atoms with E-state index >= 15 is 0 Å². The number of carbonyl (C=O) groups is 2. The van der Waals surface area contributed by atoms with E-state index in [-0.39, 0.29) is 28.5 Å². The molecular weight excluding hydrogens is 562 g/mol. The number of esters is 1. The molecule has 0 saturated heterocycles. The summed E-state index contributed by atoms with van der Waals surface area (Å²) in [5.74, 6) is -1.13. The lowest BCUT2D eigenvalue weighted by molar-refractivity contribution is -0.155. The Morgan fingerprint density at radius 1 is 1.05 bits per heavy atom. The number of hydrogen-bond donors (Lipinski definition) is 0. The van der Waals surface area contributed by atoms with Crippen molar-refractivity contribution >= 4 is 34.2 Å². The quantitative estimate of drug-likeness (QED) is 0.0851. The zero-order valence-electron chi connectivity index (χ0n) is 23.2. The maximum absolute atomic E-state index is 15.0. The summed E-state index contributed by atoms with van der Waals surface area (Å²) in [5.41, 5.74) is -0.847. The first-order valence-electron chi connectivity index (χ1n) is 13.4. The number of aryl methyl sites for hydroxylation is 1. The van der Waals surface area contributed by atoms with Crippen LogP contribution in [0.2, 0.25) is 0 Å². The van der Waals surface area contributed by atoms with E-state index in [1.54, 1.807) is 26.0 Å². The first kappa shape index (κ1) is 32.0. The lowest BCUT2D eigenvalue weighted by Crippen LogP contribution is -2.29. The third-order valence-electron chi connectivity index (χ3n) is 6.20. The summed E-state index contributed by atoms with van der Waals surface area (Å²) in [5, 5.41) is -1.04. The fourth-order valence-corrected chi connectivity index (χ4v) is 4.84. The van der Waals surface area contributed by atoms with E-state index in [9.17, 15) is 27.2 Å². The van der Waals surface area contributed by atoms with Gasteiger partial charge in [-0.1, -0.05) is 70.3 Å². The van der Waals surface area contributed by atoms with Gasteiger partial charge in [0, 0.05) is 18.0 Å². The van der Waals surface area contributed by atoms with Gasteiger partial charge in [0.15, 0.2) is 0 Å². The molecule has 0 saturated carbocycles. The number of amides is 1. The van der Waals surface area contributed by atoms with Crippen LogP contribution in [0.1, 0.15) is 70.4 Å². The predicted octanol–water partition coefficient (Wildman–Crippen LogP) is 8.70. The Hall–Kier alpha value is -3.54. The largest absolute Gasteiger partial charge is 0.428 e. The van der Waals surface area contributed by atoms with Gasteiger partial charge in [0.2, 0.25) is 17.1 Å². The monoisotopic (exact) mass is 595 g/mol. The third-order valence-corrected chi connectivity index (χ3v) is 7.02. The van der Waals surface area contributed by atoms with Crippen molar-refractivity contribution in [2.45, 2.75) is 71.9 Å². The molecule has 0 spiro atoms. The van der Waals surface area contributed by atoms with Gasteiger partial charge in [-0.05, 0) is 42.7 Å². The summed E-state index contributed by atoms with van der Waals surface area (Å²) < 4.78 is 67.4. The van der Waals surface area contributed by atoms with Crippen LogP contribution < -0.4 is 4.90 Å². The number of benzene rings is 1. The number of ether oxygens (including phenoxy) is 2. The lowest BCUT2D eigenvalue weighted by Gasteiger charge is -2.22. The van der Waals surface area contributed by atoms with Gasteiger partial charge in [-0.3, -0.25) is 9.78 Å². The standard InChI is InChI=1S/C29H33F4N3O4S/c1-4-5-6-7-8-9-11-20-13-14-22(16-23(20)29(31,32)33)36(28(38)40-18-39-26(37)19(2)3)27-35-24(25(30)41-27)21-12-10-15-34-17-21/h10,12-17,19H,4-9,11,18H2,1-3H3. The molecule has 0 aliphatic heterocycles. The van der Waals surface area contributed by atoms with Crippen LogP contribution in [0.4, 0.5) is 33.2 Å². The van der Waals surface area contributed by atoms with Crippen molar-refractivity contribution in [1.29, 1.82) is 0 Å². The van der Waals surface area contributed by atoms with Crippen LogP contribution in [0, 0.1) is 11.0 Å². The molecule has 0 aliphatic carbocycles. The molecule has 0 unspecified atom stereocenters. The van der Waals surface area contributed by atoms with Crippen molar-refractivity contribution in [3.8, 4) is 11.3 Å². The number of hydrogen-bond acceptors (Lipinski definition) is 7. The summed E-state index contributed by atoms with van der Waals surface area (Å²) in [6.07, 6.45) is 2.73. The number of nitrogens with zero attached hydrogens (tertiary/aromatic N) is 3. The SMILES string of the molecule is CCCCCCCCc1ccc(N(C(=O)OCOC(=O)C(C)C)c2nc(-c3cccnc3)c(F)s2)cc1C(F)(F)F. The zero-order valence-corrected chi connectivity index (χ0v) is 24.0. The second kappa shape index (κ2) is 14.9. The molecule has 0 bridgehead atoms. The molecule has 222 valence electrons. The first-order valence-corrected chi connectivity index (χ1v) is 14.2. The molecule has 3 aromatic rings. The summed E-state index contributed by atoms with van der Waals surface area (Å²) in [6.45, 7) is 4.48. The van der Waals surface area contributed by atoms with Gasteiger partial charge in [-0.15, -0.1) is 0 Å². The Morgan fingerprint density at radius 3 is 2.44 bits per heavy atom. The summed E-state index contributed by atoms with van der Waals surface area (Å²) in [6, 6.07) is 6.61. The van der Waals surface area contributed by atoms with E-state index in [0.717, 1.165) is 43.1 Å². The van der Waals surface area contributed by atoms with Crippen LogP contribution in [0.15, 0.2) is 42.7 Å². The van der Waals surface area contributed by atoms with Crippen molar-refractivity contribution in [2.24, 2.45) is 5.92 Å². The molecule has 1 aromatic carbocycles. The molecule has 0 atom stereocenters. The third kappa shape index (κ3) is 8.97. The minimum Gasteiger partial charge on any atom is -0.428 e. The maximum atomic E-state index is 15.0. The average Bonchev–Trinajstić information content (AvgIpc) is 3.31. The second-order valence-electron chi connectivity index (χ2n) is 9.70. The number of anilines is 2. The highest BCUT2D eigenvalue weighted by molar-refractivity contribution is 7.14. The van der Waals surface area contributed by atoms with Gasteiger partial charge in [-0.25, -0.2) is 14.7 Å². The van der Waals surface area contributed by atoms with Gasteiger partial charge >= 0.3 is 18.2 Å². The Kier molecular flexibility index (Phi) is 11.6. The van der Waals surface area contributed by atoms with Crippen molar-refractivity contribution < 1.29 is 36.6 Å². The first-order chi connectivity index (χ1) is 19.5. The molecule has 2 heterocycles. The van der Waals surface area contributed by atoms with Crippen molar-refractivity contribution in [1.82, 2.24) is 9.97 Å². The Labute approximate surface area is 240 Å².